The van der Waals surface area contributed by atoms with Crippen LogP contribution in [0.4, 0.5) is 0 Å². The predicted octanol–water partition coefficient (Wildman–Crippen LogP) is 3.47. The zero-order valence-electron chi connectivity index (χ0n) is 20.4. The monoisotopic (exact) mass is 504 g/mol. The number of carbonyl (C=O) groups is 3. The number of amides is 3. The van der Waals surface area contributed by atoms with Gasteiger partial charge in [-0.1, -0.05) is 37.5 Å². The first-order valence-corrected chi connectivity index (χ1v) is 12.4. The summed E-state index contributed by atoms with van der Waals surface area (Å²) in [6.45, 7) is 6.80. The van der Waals surface area contributed by atoms with Gasteiger partial charge in [-0.05, 0) is 49.8 Å². The van der Waals surface area contributed by atoms with Crippen molar-refractivity contribution in [1.82, 2.24) is 20.7 Å². The van der Waals surface area contributed by atoms with Crippen LogP contribution in [0.1, 0.15) is 66.6 Å². The molecule has 35 heavy (non-hydrogen) atoms. The molecule has 190 valence electrons. The number of nitrogens with zero attached hydrogens (tertiary/aromatic N) is 2. The number of hydrogen-bond acceptors (Lipinski definition) is 6. The highest BCUT2D eigenvalue weighted by molar-refractivity contribution is 6.31. The number of nitrogens with one attached hydrogen (secondary N) is 2. The van der Waals surface area contributed by atoms with E-state index in [9.17, 15) is 14.4 Å². The van der Waals surface area contributed by atoms with Crippen LogP contribution in [0.15, 0.2) is 28.8 Å². The largest absolute Gasteiger partial charge is 0.491 e. The summed E-state index contributed by atoms with van der Waals surface area (Å²) in [5.41, 5.74) is 1.02. The van der Waals surface area contributed by atoms with E-state index in [0.717, 1.165) is 0 Å². The second-order valence-corrected chi connectivity index (χ2v) is 9.51. The van der Waals surface area contributed by atoms with E-state index in [1.165, 1.54) is 4.90 Å². The van der Waals surface area contributed by atoms with E-state index >= 15 is 0 Å². The summed E-state index contributed by atoms with van der Waals surface area (Å²) in [6, 6.07) is 6.19. The summed E-state index contributed by atoms with van der Waals surface area (Å²) >= 11 is 6.12. The molecule has 1 aliphatic rings. The molecule has 2 N–H and O–H groups in total. The minimum Gasteiger partial charge on any atom is -0.491 e. The molecule has 0 aliphatic carbocycles. The van der Waals surface area contributed by atoms with Gasteiger partial charge in [0.2, 0.25) is 11.7 Å². The lowest BCUT2D eigenvalue weighted by atomic mass is 10.0. The minimum atomic E-state index is -0.389. The molecule has 1 aromatic carbocycles. The van der Waals surface area contributed by atoms with Gasteiger partial charge in [0.25, 0.3) is 11.8 Å². The minimum absolute atomic E-state index is 0.107. The molecule has 0 fully saturated rings. The Morgan fingerprint density at radius 1 is 1.26 bits per heavy atom. The maximum atomic E-state index is 13.1. The number of aromatic nitrogens is 1. The van der Waals surface area contributed by atoms with Crippen LogP contribution in [0.3, 0.4) is 0 Å². The van der Waals surface area contributed by atoms with Crippen molar-refractivity contribution < 1.29 is 23.6 Å². The van der Waals surface area contributed by atoms with Crippen LogP contribution in [0, 0.1) is 5.92 Å². The molecule has 0 bridgehead atoms. The van der Waals surface area contributed by atoms with Crippen LogP contribution in [-0.4, -0.2) is 60.1 Å². The van der Waals surface area contributed by atoms with Crippen LogP contribution in [0.25, 0.3) is 0 Å². The van der Waals surface area contributed by atoms with Gasteiger partial charge >= 0.3 is 0 Å². The smallest absolute Gasteiger partial charge is 0.292 e. The first-order valence-electron chi connectivity index (χ1n) is 12.0. The Morgan fingerprint density at radius 2 is 2.06 bits per heavy atom. The average Bonchev–Trinajstić information content (AvgIpc) is 3.30. The first kappa shape index (κ1) is 26.5. The number of carbonyl (C=O) groups excluding carboxylic acids is 3. The fourth-order valence-electron chi connectivity index (χ4n) is 3.89. The SMILES string of the molecule is CCc1cc(C(=O)N2CCCCNC(=O)c3cc(Cl)ccc3OC[C@@H](CC(C)C)NC(=O)C2)on1. The highest BCUT2D eigenvalue weighted by Crippen LogP contribution is 2.24. The van der Waals surface area contributed by atoms with E-state index in [2.05, 4.69) is 15.8 Å². The molecule has 2 aromatic rings. The summed E-state index contributed by atoms with van der Waals surface area (Å²) in [5.74, 6) is -0.168. The third-order valence-corrected chi connectivity index (χ3v) is 5.88. The van der Waals surface area contributed by atoms with Crippen LogP contribution in [0.2, 0.25) is 5.02 Å². The van der Waals surface area contributed by atoms with Crippen LogP contribution >= 0.6 is 11.6 Å². The molecule has 0 saturated heterocycles. The maximum Gasteiger partial charge on any atom is 0.292 e. The van der Waals surface area contributed by atoms with Crippen molar-refractivity contribution in [2.24, 2.45) is 5.92 Å². The van der Waals surface area contributed by atoms with Gasteiger partial charge in [-0.2, -0.15) is 0 Å². The molecular formula is C25H33ClN4O5. The van der Waals surface area contributed by atoms with E-state index in [1.54, 1.807) is 24.3 Å². The van der Waals surface area contributed by atoms with Crippen molar-refractivity contribution in [1.29, 1.82) is 0 Å². The van der Waals surface area contributed by atoms with E-state index in [-0.39, 0.29) is 42.7 Å². The van der Waals surface area contributed by atoms with E-state index in [0.29, 0.717) is 66.7 Å². The van der Waals surface area contributed by atoms with Crippen molar-refractivity contribution in [2.45, 2.75) is 52.5 Å². The Bertz CT molecular complexity index is 1040. The Kier molecular flexibility index (Phi) is 9.54. The summed E-state index contributed by atoms with van der Waals surface area (Å²) < 4.78 is 11.2. The van der Waals surface area contributed by atoms with Crippen molar-refractivity contribution in [3.8, 4) is 5.75 Å². The molecule has 0 spiro atoms. The molecule has 1 aromatic heterocycles. The highest BCUT2D eigenvalue weighted by Gasteiger charge is 2.25. The number of ether oxygens (including phenoxy) is 1. The molecule has 3 rings (SSSR count). The fraction of sp³-hybridized carbons (Fsp3) is 0.520. The quantitative estimate of drug-likeness (QED) is 0.659. The van der Waals surface area contributed by atoms with Gasteiger partial charge in [-0.25, -0.2) is 0 Å². The molecule has 0 saturated carbocycles. The standard InChI is InChI=1S/C25H33ClN4O5/c1-4-18-13-22(35-29-18)25(33)30-10-6-5-9-27-24(32)20-12-17(26)7-8-21(20)34-15-19(11-16(2)3)28-23(31)14-30/h7-8,12-13,16,19H,4-6,9-11,14-15H2,1-3H3,(H,27,32)(H,28,31)/t19-/m1/s1. The lowest BCUT2D eigenvalue weighted by Crippen LogP contribution is -2.46. The summed E-state index contributed by atoms with van der Waals surface area (Å²) in [6.07, 6.45) is 2.50. The van der Waals surface area contributed by atoms with Gasteiger partial charge in [0.05, 0.1) is 23.8 Å². The van der Waals surface area contributed by atoms with Gasteiger partial charge in [0.1, 0.15) is 12.4 Å². The average molecular weight is 505 g/mol. The second-order valence-electron chi connectivity index (χ2n) is 9.07. The van der Waals surface area contributed by atoms with E-state index < -0.39 is 0 Å². The van der Waals surface area contributed by atoms with Gasteiger partial charge in [-0.3, -0.25) is 14.4 Å². The van der Waals surface area contributed by atoms with Gasteiger partial charge in [0, 0.05) is 24.2 Å². The molecule has 2 heterocycles. The van der Waals surface area contributed by atoms with Crippen LogP contribution < -0.4 is 15.4 Å². The van der Waals surface area contributed by atoms with Crippen molar-refractivity contribution in [2.75, 3.05) is 26.2 Å². The Morgan fingerprint density at radius 3 is 2.77 bits per heavy atom. The topological polar surface area (TPSA) is 114 Å². The number of hydrogen-bond donors (Lipinski definition) is 2. The Hall–Kier alpha value is -3.07. The molecule has 0 unspecified atom stereocenters. The summed E-state index contributed by atoms with van der Waals surface area (Å²) in [4.78, 5) is 40.3. The van der Waals surface area contributed by atoms with E-state index in [4.69, 9.17) is 20.9 Å². The van der Waals surface area contributed by atoms with Crippen LogP contribution in [0.5, 0.6) is 5.75 Å². The van der Waals surface area contributed by atoms with Gasteiger partial charge in [-0.15, -0.1) is 0 Å². The molecule has 0 radical (unpaired) electrons. The van der Waals surface area contributed by atoms with Gasteiger partial charge < -0.3 is 24.8 Å². The lowest BCUT2D eigenvalue weighted by molar-refractivity contribution is -0.122. The highest BCUT2D eigenvalue weighted by atomic mass is 35.5. The van der Waals surface area contributed by atoms with Crippen LogP contribution in [-0.2, 0) is 11.2 Å². The number of aryl methyl sites for hydroxylation is 1. The molecule has 9 nitrogen and oxygen atoms in total. The molecular weight excluding hydrogens is 472 g/mol. The molecule has 1 atom stereocenters. The van der Waals surface area contributed by atoms with Crippen molar-refractivity contribution >= 4 is 29.3 Å². The fourth-order valence-corrected chi connectivity index (χ4v) is 4.06. The Labute approximate surface area is 210 Å². The predicted molar refractivity (Wildman–Crippen MR) is 132 cm³/mol. The molecule has 3 amide bonds. The number of fused-ring (bicyclic) bond motifs is 1. The number of rotatable bonds is 4. The normalized spacial score (nSPS) is 18.1. The van der Waals surface area contributed by atoms with E-state index in [1.807, 2.05) is 20.8 Å². The Balaban J connectivity index is 1.81. The zero-order valence-corrected chi connectivity index (χ0v) is 21.2. The summed E-state index contributed by atoms with van der Waals surface area (Å²) in [5, 5.41) is 10.2. The number of benzene rings is 1. The molecule has 10 heteroatoms. The van der Waals surface area contributed by atoms with Gasteiger partial charge in [0.15, 0.2) is 0 Å². The third-order valence-electron chi connectivity index (χ3n) is 5.64. The molecule has 1 aliphatic heterocycles. The third kappa shape index (κ3) is 7.71. The zero-order chi connectivity index (χ0) is 25.4. The van der Waals surface area contributed by atoms with Crippen molar-refractivity contribution in [3.63, 3.8) is 0 Å². The maximum absolute atomic E-state index is 13.1. The lowest BCUT2D eigenvalue weighted by Gasteiger charge is -2.25. The number of halogens is 1. The first-order chi connectivity index (χ1) is 16.8. The summed E-state index contributed by atoms with van der Waals surface area (Å²) in [7, 11) is 0. The van der Waals surface area contributed by atoms with Crippen molar-refractivity contribution in [3.05, 3.63) is 46.3 Å². The second kappa shape index (κ2) is 12.6.